The van der Waals surface area contributed by atoms with E-state index >= 15 is 0 Å². The summed E-state index contributed by atoms with van der Waals surface area (Å²) in [6.45, 7) is 0.413. The first-order valence-corrected chi connectivity index (χ1v) is 10.7. The van der Waals surface area contributed by atoms with Crippen LogP contribution in [0.5, 0.6) is 0 Å². The van der Waals surface area contributed by atoms with Crippen molar-refractivity contribution < 1.29 is 14.4 Å². The van der Waals surface area contributed by atoms with Gasteiger partial charge in [-0.1, -0.05) is 57.5 Å². The lowest BCUT2D eigenvalue weighted by atomic mass is 9.85. The van der Waals surface area contributed by atoms with E-state index in [4.69, 9.17) is 10.5 Å². The smallest absolute Gasteiger partial charge is 0.251 e. The maximum absolute atomic E-state index is 12.8. The summed E-state index contributed by atoms with van der Waals surface area (Å²) in [5.41, 5.74) is 12.7. The highest BCUT2D eigenvalue weighted by Gasteiger charge is 2.42. The fourth-order valence-electron chi connectivity index (χ4n) is 4.19. The molecule has 2 aliphatic rings. The lowest BCUT2D eigenvalue weighted by Crippen LogP contribution is -2.23. The molecular weight excluding hydrogens is 458 g/mol. The van der Waals surface area contributed by atoms with Crippen LogP contribution in [0.15, 0.2) is 70.3 Å². The first kappa shape index (κ1) is 19.8. The Bertz CT molecular complexity index is 1210. The van der Waals surface area contributed by atoms with Crippen molar-refractivity contribution in [1.82, 2.24) is 5.32 Å². The second-order valence-corrected chi connectivity index (χ2v) is 8.47. The molecule has 1 amide bonds. The molecule has 6 nitrogen and oxygen atoms in total. The second kappa shape index (κ2) is 7.83. The number of nitrogens with one attached hydrogen (secondary N) is 1. The van der Waals surface area contributed by atoms with Gasteiger partial charge in [0.25, 0.3) is 5.91 Å². The Morgan fingerprint density at radius 2 is 1.65 bits per heavy atom. The van der Waals surface area contributed by atoms with Crippen molar-refractivity contribution in [2.45, 2.75) is 18.8 Å². The normalized spacial score (nSPS) is 18.5. The third-order valence-corrected chi connectivity index (χ3v) is 6.19. The number of halogens is 1. The van der Waals surface area contributed by atoms with Crippen LogP contribution in [0.1, 0.15) is 55.9 Å². The summed E-state index contributed by atoms with van der Waals surface area (Å²) < 4.78 is 7.23. The van der Waals surface area contributed by atoms with Crippen LogP contribution in [0.3, 0.4) is 0 Å². The number of hydrogen-bond donors (Lipinski definition) is 2. The molecule has 5 rings (SSSR count). The molecule has 2 heterocycles. The Balaban J connectivity index is 1.29. The molecule has 7 heteroatoms. The molecule has 0 fully saturated rings. The molecule has 156 valence electrons. The second-order valence-electron chi connectivity index (χ2n) is 7.55. The number of fused-ring (bicyclic) bond motifs is 8. The number of nitrogens with two attached hydrogens (primary N) is 1. The van der Waals surface area contributed by atoms with Gasteiger partial charge in [0, 0.05) is 22.1 Å². The monoisotopic (exact) mass is 477 g/mol. The summed E-state index contributed by atoms with van der Waals surface area (Å²) in [6.07, 6.45) is -0.167. The van der Waals surface area contributed by atoms with Gasteiger partial charge in [-0.3, -0.25) is 4.79 Å². The zero-order chi connectivity index (χ0) is 21.5. The molecule has 0 saturated heterocycles. The van der Waals surface area contributed by atoms with Crippen molar-refractivity contribution in [2.75, 3.05) is 7.11 Å². The highest BCUT2D eigenvalue weighted by Crippen LogP contribution is 2.54. The number of ether oxygens (including phenoxy) is 1. The van der Waals surface area contributed by atoms with Gasteiger partial charge in [0.2, 0.25) is 0 Å². The topological polar surface area (TPSA) is 85.9 Å². The molecule has 0 spiro atoms. The minimum atomic E-state index is -0.121. The molecule has 2 bridgehead atoms. The number of carbonyl (C=O) groups is 1. The number of hydrogen-bond acceptors (Lipinski definition) is 4. The van der Waals surface area contributed by atoms with E-state index in [1.807, 2.05) is 48.5 Å². The fourth-order valence-corrected chi connectivity index (χ4v) is 4.57. The van der Waals surface area contributed by atoms with Gasteiger partial charge < -0.3 is 20.6 Å². The van der Waals surface area contributed by atoms with Gasteiger partial charge in [0.1, 0.15) is 19.3 Å². The molecule has 3 aromatic rings. The number of oxime groups is 1. The van der Waals surface area contributed by atoms with E-state index in [9.17, 15) is 4.79 Å². The van der Waals surface area contributed by atoms with E-state index in [1.165, 1.54) is 18.2 Å². The van der Waals surface area contributed by atoms with E-state index in [1.54, 1.807) is 0 Å². The lowest BCUT2D eigenvalue weighted by molar-refractivity contribution is 0.0857. The largest absolute Gasteiger partial charge is 0.397 e. The van der Waals surface area contributed by atoms with Gasteiger partial charge in [-0.15, -0.1) is 0 Å². The zero-order valence-electron chi connectivity index (χ0n) is 16.8. The maximum Gasteiger partial charge on any atom is 0.251 e. The average Bonchev–Trinajstić information content (AvgIpc) is 3.34. The highest BCUT2D eigenvalue weighted by atomic mass is 79.9. The highest BCUT2D eigenvalue weighted by molar-refractivity contribution is 9.10. The maximum atomic E-state index is 12.8. The van der Waals surface area contributed by atoms with Crippen LogP contribution in [0.2, 0.25) is 0 Å². The summed E-state index contributed by atoms with van der Waals surface area (Å²) in [5.74, 6) is 0.186. The lowest BCUT2D eigenvalue weighted by Gasteiger charge is -2.17. The standard InChI is InChI=1S/C24H20BrN3O3/c1-30-28-23(26)14-4-2-13(3-5-14)12-27-24(29)15-6-8-17-19(10-15)22-20-11-16(25)7-9-18(20)21(17)31-22/h2-11,21-22H,12H2,1H3,(H2,26,28)(H,27,29)/t21-,22+/m1/s1. The SMILES string of the molecule is CON=C(N)c1ccc(CNC(=O)c2ccc3c(c2)[C@@H]2O[C@H]3c3ccc(Br)cc32)cc1. The molecule has 0 unspecified atom stereocenters. The van der Waals surface area contributed by atoms with E-state index in [0.717, 1.165) is 26.7 Å². The van der Waals surface area contributed by atoms with Crippen LogP contribution in [-0.4, -0.2) is 18.9 Å². The van der Waals surface area contributed by atoms with Crippen LogP contribution >= 0.6 is 15.9 Å². The van der Waals surface area contributed by atoms with E-state index in [-0.39, 0.29) is 18.1 Å². The molecule has 0 radical (unpaired) electrons. The Hall–Kier alpha value is -3.16. The Morgan fingerprint density at radius 1 is 1.00 bits per heavy atom. The molecule has 3 aromatic carbocycles. The van der Waals surface area contributed by atoms with Crippen LogP contribution < -0.4 is 11.1 Å². The first-order valence-electron chi connectivity index (χ1n) is 9.88. The van der Waals surface area contributed by atoms with E-state index in [0.29, 0.717) is 17.9 Å². The van der Waals surface area contributed by atoms with E-state index in [2.05, 4.69) is 43.4 Å². The minimum Gasteiger partial charge on any atom is -0.397 e. The number of rotatable bonds is 5. The van der Waals surface area contributed by atoms with Gasteiger partial charge in [0.05, 0.1) is 0 Å². The zero-order valence-corrected chi connectivity index (χ0v) is 18.3. The van der Waals surface area contributed by atoms with Gasteiger partial charge >= 0.3 is 0 Å². The van der Waals surface area contributed by atoms with Crippen molar-refractivity contribution in [3.8, 4) is 0 Å². The molecule has 0 aromatic heterocycles. The Kier molecular flexibility index (Phi) is 5.00. The van der Waals surface area contributed by atoms with Crippen LogP contribution in [-0.2, 0) is 16.1 Å². The molecule has 2 atom stereocenters. The number of carbonyl (C=O) groups excluding carboxylic acids is 1. The van der Waals surface area contributed by atoms with Crippen molar-refractivity contribution in [3.63, 3.8) is 0 Å². The molecule has 31 heavy (non-hydrogen) atoms. The Morgan fingerprint density at radius 3 is 2.39 bits per heavy atom. The molecular formula is C24H20BrN3O3. The number of amidine groups is 1. The van der Waals surface area contributed by atoms with Crippen LogP contribution in [0.4, 0.5) is 0 Å². The van der Waals surface area contributed by atoms with Crippen LogP contribution in [0.25, 0.3) is 0 Å². The average molecular weight is 478 g/mol. The van der Waals surface area contributed by atoms with Gasteiger partial charge in [0.15, 0.2) is 5.84 Å². The number of nitrogens with zero attached hydrogens (tertiary/aromatic N) is 1. The molecule has 0 saturated carbocycles. The molecule has 2 aliphatic heterocycles. The number of benzene rings is 3. The van der Waals surface area contributed by atoms with Gasteiger partial charge in [-0.05, 0) is 52.1 Å². The van der Waals surface area contributed by atoms with Crippen molar-refractivity contribution in [1.29, 1.82) is 0 Å². The quantitative estimate of drug-likeness (QED) is 0.328. The summed E-state index contributed by atoms with van der Waals surface area (Å²) in [6, 6.07) is 19.6. The van der Waals surface area contributed by atoms with Gasteiger partial charge in [-0.2, -0.15) is 0 Å². The predicted molar refractivity (Wildman–Crippen MR) is 121 cm³/mol. The minimum absolute atomic E-state index is 0.0483. The molecule has 0 aliphatic carbocycles. The Labute approximate surface area is 188 Å². The third kappa shape index (κ3) is 3.49. The molecule has 3 N–H and O–H groups in total. The van der Waals surface area contributed by atoms with Gasteiger partial charge in [-0.25, -0.2) is 0 Å². The summed E-state index contributed by atoms with van der Waals surface area (Å²) in [7, 11) is 1.45. The van der Waals surface area contributed by atoms with Crippen LogP contribution in [0, 0.1) is 0 Å². The van der Waals surface area contributed by atoms with Crippen molar-refractivity contribution >= 4 is 27.7 Å². The predicted octanol–water partition coefficient (Wildman–Crippen LogP) is 4.17. The summed E-state index contributed by atoms with van der Waals surface area (Å²) >= 11 is 3.54. The first-order chi connectivity index (χ1) is 15.0. The third-order valence-electron chi connectivity index (χ3n) is 5.69. The fraction of sp³-hybridized carbons (Fsp3) is 0.167. The number of amides is 1. The van der Waals surface area contributed by atoms with Crippen molar-refractivity contribution in [3.05, 3.63) is 104 Å². The summed E-state index contributed by atoms with van der Waals surface area (Å²) in [4.78, 5) is 17.5. The summed E-state index contributed by atoms with van der Waals surface area (Å²) in [5, 5.41) is 6.69. The van der Waals surface area contributed by atoms with E-state index < -0.39 is 0 Å². The van der Waals surface area contributed by atoms with Crippen molar-refractivity contribution in [2.24, 2.45) is 10.9 Å².